The average Bonchev–Trinajstić information content (AvgIpc) is 3.72. The number of rotatable bonds is 9. The summed E-state index contributed by atoms with van der Waals surface area (Å²) in [5.41, 5.74) is 4.68. The first-order chi connectivity index (χ1) is 17.6. The van der Waals surface area contributed by atoms with E-state index in [0.29, 0.717) is 29.6 Å². The number of nitriles is 1. The van der Waals surface area contributed by atoms with Crippen molar-refractivity contribution in [1.82, 2.24) is 14.9 Å². The number of methoxy groups -OCH3 is 2. The van der Waals surface area contributed by atoms with Crippen LogP contribution in [0.3, 0.4) is 0 Å². The maximum Gasteiger partial charge on any atom is 0.227 e. The number of nitrogens with one attached hydrogen (secondary N) is 1. The van der Waals surface area contributed by atoms with Gasteiger partial charge in [0.2, 0.25) is 5.91 Å². The smallest absolute Gasteiger partial charge is 0.227 e. The fourth-order valence-electron chi connectivity index (χ4n) is 4.38. The molecule has 1 aliphatic heterocycles. The lowest BCUT2D eigenvalue weighted by atomic mass is 10.0. The van der Waals surface area contributed by atoms with Gasteiger partial charge in [0.15, 0.2) is 0 Å². The summed E-state index contributed by atoms with van der Waals surface area (Å²) in [6, 6.07) is 15.7. The van der Waals surface area contributed by atoms with Crippen LogP contribution in [0.4, 0.5) is 5.69 Å². The molecule has 0 unspecified atom stereocenters. The van der Waals surface area contributed by atoms with Gasteiger partial charge >= 0.3 is 0 Å². The first-order valence-electron chi connectivity index (χ1n) is 12.1. The predicted molar refractivity (Wildman–Crippen MR) is 135 cm³/mol. The van der Waals surface area contributed by atoms with E-state index in [2.05, 4.69) is 33.4 Å². The van der Waals surface area contributed by atoms with Gasteiger partial charge in [-0.3, -0.25) is 9.69 Å². The number of anilines is 1. The third-order valence-corrected chi connectivity index (χ3v) is 6.71. The molecule has 0 atom stereocenters. The van der Waals surface area contributed by atoms with Crippen molar-refractivity contribution >= 4 is 11.6 Å². The van der Waals surface area contributed by atoms with E-state index in [-0.39, 0.29) is 11.8 Å². The molecule has 2 heterocycles. The molecule has 1 saturated carbocycles. The Morgan fingerprint density at radius 1 is 1.17 bits per heavy atom. The number of nitrogens with zero attached hydrogens (tertiary/aromatic N) is 4. The van der Waals surface area contributed by atoms with E-state index in [1.807, 2.05) is 18.2 Å². The second-order valence-corrected chi connectivity index (χ2v) is 9.37. The van der Waals surface area contributed by atoms with E-state index >= 15 is 0 Å². The van der Waals surface area contributed by atoms with Gasteiger partial charge < -0.3 is 14.8 Å². The maximum atomic E-state index is 12.1. The first kappa shape index (κ1) is 23.9. The molecule has 184 valence electrons. The van der Waals surface area contributed by atoms with E-state index in [1.54, 1.807) is 32.5 Å². The third-order valence-electron chi connectivity index (χ3n) is 6.71. The Bertz CT molecular complexity index is 1310. The van der Waals surface area contributed by atoms with Gasteiger partial charge in [0, 0.05) is 56.4 Å². The van der Waals surface area contributed by atoms with Crippen molar-refractivity contribution in [1.29, 1.82) is 5.26 Å². The summed E-state index contributed by atoms with van der Waals surface area (Å²) in [5, 5.41) is 12.5. The van der Waals surface area contributed by atoms with Crippen LogP contribution in [0.25, 0.3) is 11.3 Å². The molecule has 1 aromatic heterocycles. The van der Waals surface area contributed by atoms with Crippen LogP contribution in [0.2, 0.25) is 0 Å². The zero-order chi connectivity index (χ0) is 25.1. The van der Waals surface area contributed by atoms with Crippen LogP contribution in [0, 0.1) is 17.2 Å². The summed E-state index contributed by atoms with van der Waals surface area (Å²) in [7, 11) is 3.44. The fraction of sp³-hybridized carbons (Fsp3) is 0.357. The maximum absolute atomic E-state index is 12.1. The molecule has 0 radical (unpaired) electrons. The van der Waals surface area contributed by atoms with Gasteiger partial charge in [-0.2, -0.15) is 5.26 Å². The molecule has 1 aliphatic carbocycles. The van der Waals surface area contributed by atoms with Crippen LogP contribution in [-0.4, -0.2) is 54.2 Å². The van der Waals surface area contributed by atoms with Gasteiger partial charge in [-0.15, -0.1) is 0 Å². The summed E-state index contributed by atoms with van der Waals surface area (Å²) in [6.07, 6.45) is 4.44. The molecular weight excluding hydrogens is 454 g/mol. The fourth-order valence-corrected chi connectivity index (χ4v) is 4.38. The van der Waals surface area contributed by atoms with Gasteiger partial charge in [0.1, 0.15) is 17.6 Å². The number of carbonyl (C=O) groups is 1. The quantitative estimate of drug-likeness (QED) is 0.494. The number of hydrogen-bond acceptors (Lipinski definition) is 7. The zero-order valence-electron chi connectivity index (χ0n) is 20.5. The molecule has 2 aliphatic rings. The van der Waals surface area contributed by atoms with Crippen LogP contribution in [0.15, 0.2) is 48.7 Å². The van der Waals surface area contributed by atoms with E-state index in [9.17, 15) is 10.1 Å². The molecule has 0 spiro atoms. The number of ether oxygens (including phenoxy) is 2. The van der Waals surface area contributed by atoms with Crippen LogP contribution < -0.4 is 10.1 Å². The van der Waals surface area contributed by atoms with Gasteiger partial charge in [0.05, 0.1) is 30.2 Å². The molecule has 8 nitrogen and oxygen atoms in total. The van der Waals surface area contributed by atoms with Gasteiger partial charge in [0.25, 0.3) is 0 Å². The number of benzene rings is 2. The van der Waals surface area contributed by atoms with E-state index in [1.165, 1.54) is 0 Å². The van der Waals surface area contributed by atoms with Crippen LogP contribution in [0.5, 0.6) is 5.75 Å². The number of hydrogen-bond donors (Lipinski definition) is 1. The third kappa shape index (κ3) is 5.38. The average molecular weight is 484 g/mol. The first-order valence-corrected chi connectivity index (χ1v) is 12.1. The minimum atomic E-state index is -0.0194. The van der Waals surface area contributed by atoms with Crippen LogP contribution in [-0.2, 0) is 22.5 Å². The van der Waals surface area contributed by atoms with Gasteiger partial charge in [-0.1, -0.05) is 18.2 Å². The van der Waals surface area contributed by atoms with Crippen molar-refractivity contribution in [3.05, 3.63) is 71.2 Å². The molecule has 0 bridgehead atoms. The lowest BCUT2D eigenvalue weighted by Gasteiger charge is -2.38. The molecule has 1 N–H and O–H groups in total. The highest BCUT2D eigenvalue weighted by atomic mass is 16.5. The van der Waals surface area contributed by atoms with Crippen molar-refractivity contribution in [3.8, 4) is 23.1 Å². The van der Waals surface area contributed by atoms with E-state index < -0.39 is 0 Å². The Morgan fingerprint density at radius 2 is 2.00 bits per heavy atom. The van der Waals surface area contributed by atoms with Crippen molar-refractivity contribution in [2.45, 2.75) is 31.9 Å². The van der Waals surface area contributed by atoms with E-state index in [4.69, 9.17) is 14.5 Å². The summed E-state index contributed by atoms with van der Waals surface area (Å²) in [6.45, 7) is 2.69. The summed E-state index contributed by atoms with van der Waals surface area (Å²) in [4.78, 5) is 23.6. The summed E-state index contributed by atoms with van der Waals surface area (Å²) >= 11 is 0. The molecule has 3 aromatic rings. The summed E-state index contributed by atoms with van der Waals surface area (Å²) < 4.78 is 11.0. The highest BCUT2D eigenvalue weighted by Gasteiger charge is 2.30. The molecule has 1 amide bonds. The predicted octanol–water partition coefficient (Wildman–Crippen LogP) is 3.79. The zero-order valence-corrected chi connectivity index (χ0v) is 20.5. The SMILES string of the molecule is COc1cc(Cc2nccc(-c3ccc(NC(=O)C4CC4)c(C#N)c3)n2)ccc1CN1CC(OC)C1. The number of likely N-dealkylation sites (tertiary alicyclic amines) is 1. The number of aromatic nitrogens is 2. The van der Waals surface area contributed by atoms with Gasteiger partial charge in [-0.25, -0.2) is 9.97 Å². The Balaban J connectivity index is 1.30. The standard InChI is InChI=1S/C28H29N5O3/c1-35-23-16-33(17-23)15-21-4-3-18(11-26(21)36-2)12-27-30-10-9-25(31-27)20-7-8-24(22(13-20)14-29)32-28(34)19-5-6-19/h3-4,7-11,13,19,23H,5-6,12,15-17H2,1-2H3,(H,32,34). The number of carbonyl (C=O) groups excluding carboxylic acids is 1. The molecule has 5 rings (SSSR count). The van der Waals surface area contributed by atoms with Crippen molar-refractivity contribution < 1.29 is 14.3 Å². The topological polar surface area (TPSA) is 100 Å². The lowest BCUT2D eigenvalue weighted by Crippen LogP contribution is -2.50. The minimum absolute atomic E-state index is 0.0194. The highest BCUT2D eigenvalue weighted by molar-refractivity contribution is 5.95. The lowest BCUT2D eigenvalue weighted by molar-refractivity contribution is -0.117. The normalized spacial score (nSPS) is 15.7. The number of amides is 1. The minimum Gasteiger partial charge on any atom is -0.496 e. The molecular formula is C28H29N5O3. The van der Waals surface area contributed by atoms with Crippen molar-refractivity contribution in [2.75, 3.05) is 32.6 Å². The molecule has 2 fully saturated rings. The van der Waals surface area contributed by atoms with Crippen LogP contribution >= 0.6 is 0 Å². The van der Waals surface area contributed by atoms with Gasteiger partial charge in [-0.05, 0) is 42.7 Å². The molecule has 2 aromatic carbocycles. The Labute approximate surface area is 210 Å². The monoisotopic (exact) mass is 483 g/mol. The van der Waals surface area contributed by atoms with Crippen molar-refractivity contribution in [2.24, 2.45) is 5.92 Å². The molecule has 8 heteroatoms. The second-order valence-electron chi connectivity index (χ2n) is 9.37. The van der Waals surface area contributed by atoms with Crippen LogP contribution in [0.1, 0.15) is 35.4 Å². The Hall–Kier alpha value is -3.80. The largest absolute Gasteiger partial charge is 0.496 e. The van der Waals surface area contributed by atoms with Crippen molar-refractivity contribution in [3.63, 3.8) is 0 Å². The Morgan fingerprint density at radius 3 is 2.72 bits per heavy atom. The van der Waals surface area contributed by atoms with E-state index in [0.717, 1.165) is 60.6 Å². The Kier molecular flexibility index (Phi) is 6.94. The summed E-state index contributed by atoms with van der Waals surface area (Å²) in [5.74, 6) is 1.59. The highest BCUT2D eigenvalue weighted by Crippen LogP contribution is 2.31. The second kappa shape index (κ2) is 10.4. The molecule has 36 heavy (non-hydrogen) atoms. The molecule has 1 saturated heterocycles.